The van der Waals surface area contributed by atoms with E-state index in [4.69, 9.17) is 9.98 Å². The number of hydrogen-bond donors (Lipinski definition) is 2. The molecule has 3 rings (SSSR count). The molecule has 1 aromatic rings. The number of nitrogens with one attached hydrogen (secondary N) is 2. The number of piperidine rings is 1. The van der Waals surface area contributed by atoms with Crippen molar-refractivity contribution in [1.29, 1.82) is 0 Å². The molecule has 38 heavy (non-hydrogen) atoms. The Labute approximate surface area is 229 Å². The maximum absolute atomic E-state index is 10.3. The summed E-state index contributed by atoms with van der Waals surface area (Å²) in [4.78, 5) is 10.1. The Kier molecular flexibility index (Phi) is 14.2. The molecule has 0 amide bonds. The van der Waals surface area contributed by atoms with Crippen LogP contribution in [0, 0.1) is 12.8 Å². The third-order valence-corrected chi connectivity index (χ3v) is 7.11. The number of nitrogens with zero attached hydrogens (tertiary/aromatic N) is 2. The maximum Gasteiger partial charge on any atom is 0.235 e. The zero-order chi connectivity index (χ0) is 27.9. The first-order valence-electron chi connectivity index (χ1n) is 14.2. The lowest BCUT2D eigenvalue weighted by molar-refractivity contribution is 0.171. The van der Waals surface area contributed by atoms with Gasteiger partial charge in [0, 0.05) is 17.5 Å². The average Bonchev–Trinajstić information content (AvgIpc) is 2.90. The van der Waals surface area contributed by atoms with Gasteiger partial charge in [-0.25, -0.2) is 8.78 Å². The molecule has 0 radical (unpaired) electrons. The highest BCUT2D eigenvalue weighted by molar-refractivity contribution is 5.91. The van der Waals surface area contributed by atoms with E-state index >= 15 is 0 Å². The van der Waals surface area contributed by atoms with Crippen LogP contribution in [0.1, 0.15) is 90.7 Å². The summed E-state index contributed by atoms with van der Waals surface area (Å²) in [6.07, 6.45) is 12.9. The summed E-state index contributed by atoms with van der Waals surface area (Å²) in [6.45, 7) is 13.7. The molecule has 0 aromatic heterocycles. The van der Waals surface area contributed by atoms with Crippen LogP contribution in [0.15, 0.2) is 63.7 Å². The minimum absolute atomic E-state index is 0.484. The van der Waals surface area contributed by atoms with Crippen molar-refractivity contribution in [1.82, 2.24) is 10.6 Å². The third-order valence-electron chi connectivity index (χ3n) is 7.11. The normalized spacial score (nSPS) is 19.3. The van der Waals surface area contributed by atoms with Gasteiger partial charge in [0.25, 0.3) is 0 Å². The second kappa shape index (κ2) is 17.1. The highest BCUT2D eigenvalue weighted by Gasteiger charge is 2.17. The first-order chi connectivity index (χ1) is 18.2. The molecule has 1 saturated carbocycles. The summed E-state index contributed by atoms with van der Waals surface area (Å²) >= 11 is 0. The van der Waals surface area contributed by atoms with Crippen molar-refractivity contribution >= 4 is 17.2 Å². The zero-order valence-corrected chi connectivity index (χ0v) is 24.3. The van der Waals surface area contributed by atoms with E-state index in [1.165, 1.54) is 60.1 Å². The Hall–Kier alpha value is -2.60. The number of rotatable bonds is 7. The molecule has 1 saturated heterocycles. The van der Waals surface area contributed by atoms with Crippen molar-refractivity contribution < 1.29 is 8.78 Å². The molecule has 2 fully saturated rings. The minimum Gasteiger partial charge on any atom is -0.351 e. The van der Waals surface area contributed by atoms with Crippen LogP contribution in [0.4, 0.5) is 8.78 Å². The molecule has 4 nitrogen and oxygen atoms in total. The van der Waals surface area contributed by atoms with Crippen LogP contribution in [0.25, 0.3) is 5.70 Å². The molecule has 0 bridgehead atoms. The molecular formula is C32H48F2N4. The Morgan fingerprint density at radius 1 is 1.05 bits per heavy atom. The molecule has 1 aliphatic carbocycles. The predicted molar refractivity (Wildman–Crippen MR) is 160 cm³/mol. The van der Waals surface area contributed by atoms with Crippen molar-refractivity contribution in [3.63, 3.8) is 0 Å². The number of allylic oxidation sites excluding steroid dienone is 4. The van der Waals surface area contributed by atoms with Gasteiger partial charge in [-0.2, -0.15) is 0 Å². The van der Waals surface area contributed by atoms with Crippen molar-refractivity contribution in [2.45, 2.75) is 99.0 Å². The second-order valence-electron chi connectivity index (χ2n) is 10.4. The molecule has 0 unspecified atom stereocenters. The Morgan fingerprint density at radius 2 is 1.71 bits per heavy atom. The number of benzene rings is 1. The van der Waals surface area contributed by atoms with E-state index in [1.54, 1.807) is 0 Å². The van der Waals surface area contributed by atoms with Crippen molar-refractivity contribution in [3.8, 4) is 0 Å². The smallest absolute Gasteiger partial charge is 0.235 e. The summed E-state index contributed by atoms with van der Waals surface area (Å²) < 4.78 is 20.7. The lowest BCUT2D eigenvalue weighted by Gasteiger charge is -2.23. The average molecular weight is 527 g/mol. The molecule has 0 spiro atoms. The van der Waals surface area contributed by atoms with Crippen LogP contribution >= 0.6 is 0 Å². The summed E-state index contributed by atoms with van der Waals surface area (Å²) in [6, 6.07) is 9.19. The van der Waals surface area contributed by atoms with E-state index in [0.29, 0.717) is 12.0 Å². The van der Waals surface area contributed by atoms with Gasteiger partial charge in [-0.3, -0.25) is 9.98 Å². The summed E-state index contributed by atoms with van der Waals surface area (Å²) in [5.41, 5.74) is 7.13. The van der Waals surface area contributed by atoms with Crippen LogP contribution < -0.4 is 10.6 Å². The van der Waals surface area contributed by atoms with Crippen LogP contribution in [-0.2, 0) is 0 Å². The van der Waals surface area contributed by atoms with E-state index in [-0.39, 0.29) is 0 Å². The first kappa shape index (κ1) is 31.6. The van der Waals surface area contributed by atoms with Crippen LogP contribution in [0.5, 0.6) is 0 Å². The second-order valence-corrected chi connectivity index (χ2v) is 10.4. The van der Waals surface area contributed by atoms with E-state index in [1.807, 2.05) is 6.20 Å². The van der Waals surface area contributed by atoms with E-state index in [0.717, 1.165) is 44.4 Å². The Bertz CT molecular complexity index is 1010. The van der Waals surface area contributed by atoms with Gasteiger partial charge < -0.3 is 10.6 Å². The molecule has 1 aliphatic heterocycles. The summed E-state index contributed by atoms with van der Waals surface area (Å²) in [5, 5.41) is 6.86. The van der Waals surface area contributed by atoms with Gasteiger partial charge in [0.05, 0.1) is 17.6 Å². The SMILES string of the molecule is C/C=C(/C=C\NC(C)=NC1CCCCC1)C(\C)=C(\N=C(C)C1CCNCC1)c1cccc(C)c1.CC(F)F. The van der Waals surface area contributed by atoms with Crippen molar-refractivity contribution in [2.75, 3.05) is 13.1 Å². The lowest BCUT2D eigenvalue weighted by atomic mass is 9.93. The number of hydrogen-bond acceptors (Lipinski definition) is 3. The molecule has 210 valence electrons. The first-order valence-corrected chi connectivity index (χ1v) is 14.2. The zero-order valence-electron chi connectivity index (χ0n) is 24.3. The molecule has 1 heterocycles. The predicted octanol–water partition coefficient (Wildman–Crippen LogP) is 8.26. The van der Waals surface area contributed by atoms with Crippen molar-refractivity contribution in [3.05, 3.63) is 64.9 Å². The number of alkyl halides is 2. The largest absolute Gasteiger partial charge is 0.351 e. The van der Waals surface area contributed by atoms with Crippen LogP contribution in [0.2, 0.25) is 0 Å². The number of aliphatic imine (C=N–C) groups is 2. The monoisotopic (exact) mass is 526 g/mol. The fraction of sp³-hybridized carbons (Fsp3) is 0.562. The van der Waals surface area contributed by atoms with Gasteiger partial charge in [-0.05, 0) is 110 Å². The number of amidine groups is 1. The van der Waals surface area contributed by atoms with Gasteiger partial charge in [-0.15, -0.1) is 0 Å². The maximum atomic E-state index is 10.3. The standard InChI is InChI=1S/C30H44N4.C2H4F2/c1-6-26(17-20-32-25(5)34-29-13-8-7-9-14-29)23(3)30(28-12-10-11-22(2)21-28)33-24(4)27-15-18-31-19-16-27;1-2(3)4/h6,10-12,17,20-21,27,29,31H,7-9,13-16,18-19H2,1-5H3,(H,32,34);2H,1H3/b20-17-,26-6-,30-23+,33-24?;. The van der Waals surface area contributed by atoms with Gasteiger partial charge in [0.15, 0.2) is 0 Å². The molecule has 6 heteroatoms. The quantitative estimate of drug-likeness (QED) is 0.213. The summed E-state index contributed by atoms with van der Waals surface area (Å²) in [7, 11) is 0. The number of halogens is 2. The molecule has 2 N–H and O–H groups in total. The van der Waals surface area contributed by atoms with Gasteiger partial charge in [-0.1, -0.05) is 49.1 Å². The fourth-order valence-electron chi connectivity index (χ4n) is 5.01. The molecular weight excluding hydrogens is 478 g/mol. The lowest BCUT2D eigenvalue weighted by Crippen LogP contribution is -2.31. The van der Waals surface area contributed by atoms with Crippen molar-refractivity contribution in [2.24, 2.45) is 15.9 Å². The topological polar surface area (TPSA) is 48.8 Å². The van der Waals surface area contributed by atoms with Gasteiger partial charge >= 0.3 is 0 Å². The molecule has 2 aliphatic rings. The van der Waals surface area contributed by atoms with Crippen LogP contribution in [0.3, 0.4) is 0 Å². The fourth-order valence-corrected chi connectivity index (χ4v) is 5.01. The Morgan fingerprint density at radius 3 is 2.32 bits per heavy atom. The highest BCUT2D eigenvalue weighted by atomic mass is 19.3. The number of aryl methyl sites for hydroxylation is 1. The summed E-state index contributed by atoms with van der Waals surface area (Å²) in [5.74, 6) is 1.55. The van der Waals surface area contributed by atoms with Gasteiger partial charge in [0.1, 0.15) is 0 Å². The minimum atomic E-state index is -2.17. The molecule has 1 aromatic carbocycles. The van der Waals surface area contributed by atoms with E-state index in [9.17, 15) is 8.78 Å². The van der Waals surface area contributed by atoms with E-state index < -0.39 is 6.43 Å². The third kappa shape index (κ3) is 11.4. The van der Waals surface area contributed by atoms with Crippen LogP contribution in [-0.4, -0.2) is 37.1 Å². The Balaban J connectivity index is 0.00000118. The highest BCUT2D eigenvalue weighted by Crippen LogP contribution is 2.28. The van der Waals surface area contributed by atoms with E-state index in [2.05, 4.69) is 81.7 Å². The molecule has 0 atom stereocenters. The van der Waals surface area contributed by atoms with Gasteiger partial charge in [0.2, 0.25) is 6.43 Å².